The lowest BCUT2D eigenvalue weighted by Crippen LogP contribution is -2.11. The van der Waals surface area contributed by atoms with Crippen LogP contribution in [-0.4, -0.2) is 22.1 Å². The fourth-order valence-electron chi connectivity index (χ4n) is 2.36. The number of methoxy groups -OCH3 is 1. The van der Waals surface area contributed by atoms with Crippen molar-refractivity contribution in [3.05, 3.63) is 48.3 Å². The average molecular weight is 295 g/mol. The number of nitrogens with two attached hydrogens (primary N) is 1. The normalized spacial score (nSPS) is 12.1. The van der Waals surface area contributed by atoms with Crippen molar-refractivity contribution in [2.45, 2.75) is 13.0 Å². The first-order chi connectivity index (χ1) is 10.7. The molecule has 0 bridgehead atoms. The number of nitrogen functional groups attached to an aromatic ring is 1. The van der Waals surface area contributed by atoms with E-state index in [1.807, 2.05) is 43.3 Å². The minimum absolute atomic E-state index is 0.0244. The van der Waals surface area contributed by atoms with Crippen molar-refractivity contribution in [2.24, 2.45) is 0 Å². The van der Waals surface area contributed by atoms with Gasteiger partial charge in [-0.25, -0.2) is 4.98 Å². The standard InChI is InChI=1S/C16H17N5O/c1-10(11-6-3-4-9-18-11)19-15-14-12(20-16(17)21-15)7-5-8-13(14)22-2/h3-10H,1-2H3,(H3,17,19,20,21)/t10-/m1/s1. The Morgan fingerprint density at radius 2 is 2.00 bits per heavy atom. The first-order valence-electron chi connectivity index (χ1n) is 6.96. The maximum atomic E-state index is 5.81. The summed E-state index contributed by atoms with van der Waals surface area (Å²) in [5.41, 5.74) is 7.47. The van der Waals surface area contributed by atoms with E-state index in [9.17, 15) is 0 Å². The molecule has 112 valence electrons. The average Bonchev–Trinajstić information content (AvgIpc) is 2.54. The summed E-state index contributed by atoms with van der Waals surface area (Å²) in [6, 6.07) is 11.4. The van der Waals surface area contributed by atoms with Gasteiger partial charge in [0.05, 0.1) is 29.7 Å². The van der Waals surface area contributed by atoms with E-state index in [1.54, 1.807) is 13.3 Å². The summed E-state index contributed by atoms with van der Waals surface area (Å²) in [4.78, 5) is 12.9. The SMILES string of the molecule is COc1cccc2nc(N)nc(N[C@H](C)c3ccccn3)c12. The van der Waals surface area contributed by atoms with Crippen LogP contribution >= 0.6 is 0 Å². The summed E-state index contributed by atoms with van der Waals surface area (Å²) < 4.78 is 5.42. The molecule has 0 amide bonds. The fraction of sp³-hybridized carbons (Fsp3) is 0.188. The minimum atomic E-state index is -0.0244. The molecular formula is C16H17N5O. The summed E-state index contributed by atoms with van der Waals surface area (Å²) in [5.74, 6) is 1.56. The number of nitrogens with one attached hydrogen (secondary N) is 1. The highest BCUT2D eigenvalue weighted by molar-refractivity contribution is 5.95. The van der Waals surface area contributed by atoms with Crippen molar-refractivity contribution < 1.29 is 4.74 Å². The lowest BCUT2D eigenvalue weighted by molar-refractivity contribution is 0.419. The molecule has 0 aliphatic carbocycles. The molecule has 6 nitrogen and oxygen atoms in total. The van der Waals surface area contributed by atoms with Gasteiger partial charge in [-0.1, -0.05) is 12.1 Å². The van der Waals surface area contributed by atoms with Crippen LogP contribution in [0.2, 0.25) is 0 Å². The number of hydrogen-bond donors (Lipinski definition) is 2. The number of anilines is 2. The zero-order chi connectivity index (χ0) is 15.5. The van der Waals surface area contributed by atoms with Gasteiger partial charge in [-0.05, 0) is 31.2 Å². The maximum Gasteiger partial charge on any atom is 0.222 e. The van der Waals surface area contributed by atoms with Gasteiger partial charge in [0.25, 0.3) is 0 Å². The number of rotatable bonds is 4. The lowest BCUT2D eigenvalue weighted by Gasteiger charge is -2.17. The highest BCUT2D eigenvalue weighted by Crippen LogP contribution is 2.32. The monoisotopic (exact) mass is 295 g/mol. The van der Waals surface area contributed by atoms with Crippen molar-refractivity contribution >= 4 is 22.7 Å². The van der Waals surface area contributed by atoms with Gasteiger partial charge < -0.3 is 15.8 Å². The predicted molar refractivity (Wildman–Crippen MR) is 86.8 cm³/mol. The van der Waals surface area contributed by atoms with Gasteiger partial charge in [-0.2, -0.15) is 4.98 Å². The zero-order valence-corrected chi connectivity index (χ0v) is 12.4. The Kier molecular flexibility index (Phi) is 3.74. The van der Waals surface area contributed by atoms with Crippen LogP contribution in [0.15, 0.2) is 42.6 Å². The van der Waals surface area contributed by atoms with E-state index >= 15 is 0 Å². The fourth-order valence-corrected chi connectivity index (χ4v) is 2.36. The Bertz CT molecular complexity index is 791. The number of pyridine rings is 1. The summed E-state index contributed by atoms with van der Waals surface area (Å²) in [6.07, 6.45) is 1.76. The molecule has 22 heavy (non-hydrogen) atoms. The van der Waals surface area contributed by atoms with Gasteiger partial charge in [0.2, 0.25) is 5.95 Å². The second-order valence-corrected chi connectivity index (χ2v) is 4.91. The molecular weight excluding hydrogens is 278 g/mol. The third-order valence-corrected chi connectivity index (χ3v) is 3.41. The maximum absolute atomic E-state index is 5.81. The van der Waals surface area contributed by atoms with Gasteiger partial charge in [0, 0.05) is 6.20 Å². The van der Waals surface area contributed by atoms with E-state index in [0.717, 1.165) is 16.6 Å². The molecule has 1 aromatic carbocycles. The highest BCUT2D eigenvalue weighted by atomic mass is 16.5. The molecule has 2 heterocycles. The molecule has 3 N–H and O–H groups in total. The van der Waals surface area contributed by atoms with Crippen LogP contribution in [0.25, 0.3) is 10.9 Å². The van der Waals surface area contributed by atoms with Gasteiger partial charge in [0.1, 0.15) is 11.6 Å². The third-order valence-electron chi connectivity index (χ3n) is 3.41. The molecule has 0 aliphatic rings. The Balaban J connectivity index is 2.06. The molecule has 0 saturated carbocycles. The van der Waals surface area contributed by atoms with Gasteiger partial charge >= 0.3 is 0 Å². The Morgan fingerprint density at radius 3 is 2.73 bits per heavy atom. The van der Waals surface area contributed by atoms with Crippen LogP contribution in [-0.2, 0) is 0 Å². The van der Waals surface area contributed by atoms with Crippen LogP contribution in [0.5, 0.6) is 5.75 Å². The van der Waals surface area contributed by atoms with E-state index in [-0.39, 0.29) is 12.0 Å². The topological polar surface area (TPSA) is 86.0 Å². The Morgan fingerprint density at radius 1 is 1.14 bits per heavy atom. The second-order valence-electron chi connectivity index (χ2n) is 4.91. The highest BCUT2D eigenvalue weighted by Gasteiger charge is 2.14. The van der Waals surface area contributed by atoms with E-state index in [0.29, 0.717) is 11.6 Å². The number of fused-ring (bicyclic) bond motifs is 1. The molecule has 3 aromatic rings. The first kappa shape index (κ1) is 14.1. The van der Waals surface area contributed by atoms with Gasteiger partial charge in [-0.3, -0.25) is 4.98 Å². The van der Waals surface area contributed by atoms with E-state index in [4.69, 9.17) is 10.5 Å². The van der Waals surface area contributed by atoms with E-state index < -0.39 is 0 Å². The zero-order valence-electron chi connectivity index (χ0n) is 12.4. The van der Waals surface area contributed by atoms with Crippen LogP contribution < -0.4 is 15.8 Å². The summed E-state index contributed by atoms with van der Waals surface area (Å²) in [5, 5.41) is 4.15. The van der Waals surface area contributed by atoms with E-state index in [1.165, 1.54) is 0 Å². The Labute approximate surface area is 128 Å². The lowest BCUT2D eigenvalue weighted by atomic mass is 10.1. The molecule has 2 aromatic heterocycles. The van der Waals surface area contributed by atoms with Crippen molar-refractivity contribution in [2.75, 3.05) is 18.2 Å². The van der Waals surface area contributed by atoms with E-state index in [2.05, 4.69) is 20.3 Å². The van der Waals surface area contributed by atoms with Crippen LogP contribution in [0, 0.1) is 0 Å². The van der Waals surface area contributed by atoms with Crippen LogP contribution in [0.3, 0.4) is 0 Å². The van der Waals surface area contributed by atoms with Gasteiger partial charge in [0.15, 0.2) is 0 Å². The number of ether oxygens (including phenoxy) is 1. The summed E-state index contributed by atoms with van der Waals surface area (Å²) in [7, 11) is 1.62. The van der Waals surface area contributed by atoms with Crippen molar-refractivity contribution in [1.82, 2.24) is 15.0 Å². The molecule has 6 heteroatoms. The molecule has 3 rings (SSSR count). The van der Waals surface area contributed by atoms with Gasteiger partial charge in [-0.15, -0.1) is 0 Å². The third kappa shape index (κ3) is 2.63. The number of benzene rings is 1. The molecule has 0 saturated heterocycles. The molecule has 0 aliphatic heterocycles. The van der Waals surface area contributed by atoms with Crippen LogP contribution in [0.1, 0.15) is 18.7 Å². The summed E-state index contributed by atoms with van der Waals surface area (Å²) in [6.45, 7) is 2.02. The number of nitrogens with zero attached hydrogens (tertiary/aromatic N) is 3. The predicted octanol–water partition coefficient (Wildman–Crippen LogP) is 2.79. The molecule has 0 spiro atoms. The molecule has 0 radical (unpaired) electrons. The number of hydrogen-bond acceptors (Lipinski definition) is 6. The Hall–Kier alpha value is -2.89. The smallest absolute Gasteiger partial charge is 0.222 e. The van der Waals surface area contributed by atoms with Crippen molar-refractivity contribution in [1.29, 1.82) is 0 Å². The van der Waals surface area contributed by atoms with Crippen LogP contribution in [0.4, 0.5) is 11.8 Å². The number of aromatic nitrogens is 3. The minimum Gasteiger partial charge on any atom is -0.496 e. The largest absolute Gasteiger partial charge is 0.496 e. The quantitative estimate of drug-likeness (QED) is 0.769. The summed E-state index contributed by atoms with van der Waals surface area (Å²) >= 11 is 0. The first-order valence-corrected chi connectivity index (χ1v) is 6.96. The molecule has 0 unspecified atom stereocenters. The van der Waals surface area contributed by atoms with Crippen molar-refractivity contribution in [3.63, 3.8) is 0 Å². The van der Waals surface area contributed by atoms with Crippen molar-refractivity contribution in [3.8, 4) is 5.75 Å². The second kappa shape index (κ2) is 5.85. The molecule has 0 fully saturated rings. The molecule has 1 atom stereocenters.